The molecule has 0 radical (unpaired) electrons. The zero-order chi connectivity index (χ0) is 4.99. The van der Waals surface area contributed by atoms with Crippen LogP contribution >= 0.6 is 0 Å². The standard InChI is InChI=1S/C2H6N2O2/c1-2(5)3-4-6/h3-6H,1H2. The first-order valence-electron chi connectivity index (χ1n) is 1.30. The van der Waals surface area contributed by atoms with Crippen LogP contribution in [0.15, 0.2) is 12.5 Å². The highest BCUT2D eigenvalue weighted by Crippen LogP contribution is 1.60. The van der Waals surface area contributed by atoms with Crippen molar-refractivity contribution in [1.82, 2.24) is 11.0 Å². The summed E-state index contributed by atoms with van der Waals surface area (Å²) in [6.07, 6.45) is 0. The predicted octanol–water partition coefficient (Wildman–Crippen LogP) is -0.501. The first kappa shape index (κ1) is 5.26. The largest absolute Gasteiger partial charge is 0.494 e. The topological polar surface area (TPSA) is 64.5 Å². The molecule has 4 N–H and O–H groups in total. The van der Waals surface area contributed by atoms with E-state index in [-0.39, 0.29) is 5.88 Å². The van der Waals surface area contributed by atoms with Gasteiger partial charge in [0.05, 0.1) is 0 Å². The molecule has 0 heterocycles. The molecule has 0 bridgehead atoms. The first-order chi connectivity index (χ1) is 2.77. The Labute approximate surface area is 35.0 Å². The van der Waals surface area contributed by atoms with Gasteiger partial charge >= 0.3 is 0 Å². The molecule has 0 fully saturated rings. The minimum Gasteiger partial charge on any atom is -0.494 e. The predicted molar refractivity (Wildman–Crippen MR) is 19.8 cm³/mol. The molecule has 0 amide bonds. The average molecular weight is 90.1 g/mol. The number of aliphatic hydroxyl groups excluding tert-OH is 1. The maximum Gasteiger partial charge on any atom is 0.193 e. The third-order valence-electron chi connectivity index (χ3n) is 0.200. The Balaban J connectivity index is 2.83. The highest BCUT2D eigenvalue weighted by molar-refractivity contribution is 4.68. The van der Waals surface area contributed by atoms with Gasteiger partial charge in [-0.05, 0) is 6.58 Å². The summed E-state index contributed by atoms with van der Waals surface area (Å²) in [6, 6.07) is 0. The van der Waals surface area contributed by atoms with Crippen molar-refractivity contribution in [3.8, 4) is 0 Å². The maximum absolute atomic E-state index is 8.02. The molecule has 0 rings (SSSR count). The van der Waals surface area contributed by atoms with E-state index >= 15 is 0 Å². The van der Waals surface area contributed by atoms with Gasteiger partial charge in [0, 0.05) is 0 Å². The number of hydrogen-bond donors (Lipinski definition) is 4. The van der Waals surface area contributed by atoms with E-state index in [1.807, 2.05) is 5.43 Å². The fraction of sp³-hybridized carbons (Fsp3) is 0. The van der Waals surface area contributed by atoms with Gasteiger partial charge in [0.1, 0.15) is 0 Å². The second-order valence-electron chi connectivity index (χ2n) is 0.683. The van der Waals surface area contributed by atoms with Crippen molar-refractivity contribution >= 4 is 0 Å². The van der Waals surface area contributed by atoms with Gasteiger partial charge in [-0.1, -0.05) is 0 Å². The zero-order valence-corrected chi connectivity index (χ0v) is 3.10. The summed E-state index contributed by atoms with van der Waals surface area (Å²) in [5.41, 5.74) is 3.34. The minimum absolute atomic E-state index is 0.322. The smallest absolute Gasteiger partial charge is 0.193 e. The Morgan fingerprint density at radius 2 is 2.17 bits per heavy atom. The van der Waals surface area contributed by atoms with Gasteiger partial charge in [0.2, 0.25) is 0 Å². The Bertz CT molecular complexity index is 53.5. The van der Waals surface area contributed by atoms with Crippen LogP contribution in [0.2, 0.25) is 0 Å². The number of nitrogens with one attached hydrogen (secondary N) is 2. The van der Waals surface area contributed by atoms with E-state index in [1.54, 1.807) is 0 Å². The van der Waals surface area contributed by atoms with Crippen LogP contribution in [0, 0.1) is 0 Å². The Kier molecular flexibility index (Phi) is 2.19. The van der Waals surface area contributed by atoms with E-state index in [2.05, 4.69) is 6.58 Å². The van der Waals surface area contributed by atoms with Crippen molar-refractivity contribution in [1.29, 1.82) is 0 Å². The average Bonchev–Trinajstić information content (AvgIpc) is 1.35. The molecule has 0 saturated carbocycles. The molecule has 36 valence electrons. The number of rotatable bonds is 2. The first-order valence-corrected chi connectivity index (χ1v) is 1.30. The summed E-state index contributed by atoms with van der Waals surface area (Å²) in [4.78, 5) is 0. The third-order valence-corrected chi connectivity index (χ3v) is 0.200. The molecule has 0 aromatic rings. The second kappa shape index (κ2) is 2.49. The van der Waals surface area contributed by atoms with Crippen LogP contribution in [-0.2, 0) is 0 Å². The lowest BCUT2D eigenvalue weighted by molar-refractivity contribution is 0.112. The Morgan fingerprint density at radius 3 is 2.17 bits per heavy atom. The van der Waals surface area contributed by atoms with Gasteiger partial charge in [-0.3, -0.25) is 10.6 Å². The van der Waals surface area contributed by atoms with Crippen LogP contribution in [0.5, 0.6) is 0 Å². The van der Waals surface area contributed by atoms with E-state index < -0.39 is 0 Å². The van der Waals surface area contributed by atoms with Crippen molar-refractivity contribution in [2.24, 2.45) is 0 Å². The summed E-state index contributed by atoms with van der Waals surface area (Å²) >= 11 is 0. The van der Waals surface area contributed by atoms with E-state index in [9.17, 15) is 0 Å². The summed E-state index contributed by atoms with van der Waals surface area (Å²) in [7, 11) is 0. The van der Waals surface area contributed by atoms with E-state index in [0.29, 0.717) is 0 Å². The molecule has 0 aliphatic rings. The van der Waals surface area contributed by atoms with Crippen molar-refractivity contribution in [2.45, 2.75) is 0 Å². The quantitative estimate of drug-likeness (QED) is 0.272. The van der Waals surface area contributed by atoms with Crippen molar-refractivity contribution in [3.05, 3.63) is 12.5 Å². The SMILES string of the molecule is C=C(O)NNO. The van der Waals surface area contributed by atoms with E-state index in [1.165, 1.54) is 5.59 Å². The molecular formula is C2H6N2O2. The normalized spacial score (nSPS) is 7.50. The van der Waals surface area contributed by atoms with Crippen LogP contribution in [0.3, 0.4) is 0 Å². The fourth-order valence-electron chi connectivity index (χ4n) is 0.0645. The monoisotopic (exact) mass is 90.0 g/mol. The molecule has 0 aromatic heterocycles. The van der Waals surface area contributed by atoms with Gasteiger partial charge in [0.25, 0.3) is 0 Å². The summed E-state index contributed by atoms with van der Waals surface area (Å²) < 4.78 is 0. The van der Waals surface area contributed by atoms with E-state index in [4.69, 9.17) is 10.3 Å². The number of aliphatic hydroxyl groups is 1. The van der Waals surface area contributed by atoms with Gasteiger partial charge < -0.3 is 5.11 Å². The molecule has 0 aliphatic heterocycles. The number of hydrazine groups is 1. The maximum atomic E-state index is 8.02. The molecule has 4 heteroatoms. The molecule has 6 heavy (non-hydrogen) atoms. The van der Waals surface area contributed by atoms with Crippen molar-refractivity contribution < 1.29 is 10.3 Å². The van der Waals surface area contributed by atoms with Crippen LogP contribution < -0.4 is 11.0 Å². The minimum atomic E-state index is -0.322. The summed E-state index contributed by atoms with van der Waals surface area (Å²) in [6.45, 7) is 2.97. The molecular weight excluding hydrogens is 84.0 g/mol. The number of hydrogen-bond acceptors (Lipinski definition) is 4. The van der Waals surface area contributed by atoms with Crippen molar-refractivity contribution in [2.75, 3.05) is 0 Å². The lowest BCUT2D eigenvalue weighted by Crippen LogP contribution is -2.26. The molecule has 0 spiro atoms. The van der Waals surface area contributed by atoms with Crippen LogP contribution in [0.4, 0.5) is 0 Å². The highest BCUT2D eigenvalue weighted by Gasteiger charge is 1.73. The van der Waals surface area contributed by atoms with Gasteiger partial charge in [-0.2, -0.15) is 0 Å². The van der Waals surface area contributed by atoms with Crippen molar-refractivity contribution in [3.63, 3.8) is 0 Å². The molecule has 0 atom stereocenters. The van der Waals surface area contributed by atoms with E-state index in [0.717, 1.165) is 0 Å². The van der Waals surface area contributed by atoms with Crippen LogP contribution in [-0.4, -0.2) is 10.3 Å². The Hall–Kier alpha value is -0.740. The van der Waals surface area contributed by atoms with Gasteiger partial charge in [0.15, 0.2) is 5.88 Å². The van der Waals surface area contributed by atoms with Gasteiger partial charge in [-0.15, -0.1) is 5.59 Å². The fourth-order valence-corrected chi connectivity index (χ4v) is 0.0645. The second-order valence-corrected chi connectivity index (χ2v) is 0.683. The van der Waals surface area contributed by atoms with Crippen LogP contribution in [0.1, 0.15) is 0 Å². The molecule has 0 aromatic carbocycles. The Morgan fingerprint density at radius 1 is 1.67 bits per heavy atom. The lowest BCUT2D eigenvalue weighted by Gasteiger charge is -1.94. The zero-order valence-electron chi connectivity index (χ0n) is 3.10. The summed E-state index contributed by atoms with van der Waals surface area (Å²) in [5.74, 6) is -0.322. The van der Waals surface area contributed by atoms with Gasteiger partial charge in [-0.25, -0.2) is 0 Å². The molecule has 0 aliphatic carbocycles. The third kappa shape index (κ3) is 3.26. The molecule has 4 nitrogen and oxygen atoms in total. The lowest BCUT2D eigenvalue weighted by atomic mass is 11.0. The molecule has 0 unspecified atom stereocenters. The van der Waals surface area contributed by atoms with Crippen LogP contribution in [0.25, 0.3) is 0 Å². The highest BCUT2D eigenvalue weighted by atomic mass is 16.5. The summed E-state index contributed by atoms with van der Waals surface area (Å²) in [5, 5.41) is 15.7. The molecule has 0 saturated heterocycles.